The van der Waals surface area contributed by atoms with Crippen LogP contribution in [0.15, 0.2) is 36.4 Å². The van der Waals surface area contributed by atoms with E-state index in [0.29, 0.717) is 0 Å². The molecule has 0 saturated carbocycles. The third kappa shape index (κ3) is 2.57. The molecule has 0 bridgehead atoms. The molecule has 19 heavy (non-hydrogen) atoms. The van der Waals surface area contributed by atoms with Crippen LogP contribution in [0, 0.1) is 0 Å². The third-order valence-corrected chi connectivity index (χ3v) is 2.96. The van der Waals surface area contributed by atoms with Crippen molar-refractivity contribution in [3.63, 3.8) is 0 Å². The van der Waals surface area contributed by atoms with Crippen LogP contribution in [-0.4, -0.2) is 26.0 Å². The van der Waals surface area contributed by atoms with Crippen molar-refractivity contribution in [3.8, 4) is 5.75 Å². The minimum Gasteiger partial charge on any atom is -0.496 e. The monoisotopic (exact) mass is 258 g/mol. The summed E-state index contributed by atoms with van der Waals surface area (Å²) in [6.07, 6.45) is 0.0250. The number of ketones is 1. The van der Waals surface area contributed by atoms with Crippen LogP contribution in [0.4, 0.5) is 0 Å². The molecule has 0 saturated heterocycles. The first-order valence-electron chi connectivity index (χ1n) is 5.83. The van der Waals surface area contributed by atoms with Gasteiger partial charge in [0.2, 0.25) is 5.78 Å². The molecule has 0 aliphatic carbocycles. The van der Waals surface area contributed by atoms with Crippen LogP contribution in [0.5, 0.6) is 5.75 Å². The highest BCUT2D eigenvalue weighted by Gasteiger charge is 2.16. The van der Waals surface area contributed by atoms with Gasteiger partial charge in [0.25, 0.3) is 0 Å². The lowest BCUT2D eigenvalue weighted by molar-refractivity contribution is -0.151. The predicted molar refractivity (Wildman–Crippen MR) is 71.2 cm³/mol. The quantitative estimate of drug-likeness (QED) is 0.622. The first-order valence-corrected chi connectivity index (χ1v) is 5.83. The normalized spacial score (nSPS) is 10.2. The summed E-state index contributed by atoms with van der Waals surface area (Å²) >= 11 is 0. The Morgan fingerprint density at radius 2 is 1.68 bits per heavy atom. The molecule has 2 rings (SSSR count). The molecule has 0 radical (unpaired) electrons. The number of ether oxygens (including phenoxy) is 2. The van der Waals surface area contributed by atoms with Crippen molar-refractivity contribution >= 4 is 22.5 Å². The summed E-state index contributed by atoms with van der Waals surface area (Å²) < 4.78 is 9.71. The summed E-state index contributed by atoms with van der Waals surface area (Å²) in [5.74, 6) is -0.636. The van der Waals surface area contributed by atoms with E-state index in [2.05, 4.69) is 4.74 Å². The average Bonchev–Trinajstić information content (AvgIpc) is 2.46. The van der Waals surface area contributed by atoms with Gasteiger partial charge in [-0.15, -0.1) is 0 Å². The molecule has 0 spiro atoms. The van der Waals surface area contributed by atoms with Gasteiger partial charge < -0.3 is 9.47 Å². The van der Waals surface area contributed by atoms with Crippen molar-refractivity contribution in [2.24, 2.45) is 0 Å². The summed E-state index contributed by atoms with van der Waals surface area (Å²) in [6, 6.07) is 11.2. The summed E-state index contributed by atoms with van der Waals surface area (Å²) in [5.41, 5.74) is 0.784. The van der Waals surface area contributed by atoms with Gasteiger partial charge in [0.15, 0.2) is 0 Å². The van der Waals surface area contributed by atoms with Gasteiger partial charge >= 0.3 is 5.97 Å². The molecule has 0 amide bonds. The molecular formula is C15H14O4. The zero-order valence-electron chi connectivity index (χ0n) is 10.8. The van der Waals surface area contributed by atoms with Crippen molar-refractivity contribution < 1.29 is 19.1 Å². The van der Waals surface area contributed by atoms with E-state index >= 15 is 0 Å². The van der Waals surface area contributed by atoms with Crippen LogP contribution in [0.25, 0.3) is 10.8 Å². The number of esters is 1. The molecule has 2 aromatic rings. The fourth-order valence-electron chi connectivity index (χ4n) is 2.02. The van der Waals surface area contributed by atoms with Crippen molar-refractivity contribution in [2.75, 3.05) is 14.2 Å². The second-order valence-corrected chi connectivity index (χ2v) is 4.06. The maximum absolute atomic E-state index is 11.6. The Morgan fingerprint density at radius 1 is 1.00 bits per heavy atom. The molecule has 98 valence electrons. The van der Waals surface area contributed by atoms with Crippen LogP contribution >= 0.6 is 0 Å². The fourth-order valence-corrected chi connectivity index (χ4v) is 2.02. The minimum atomic E-state index is -0.820. The lowest BCUT2D eigenvalue weighted by atomic mass is 10.00. The van der Waals surface area contributed by atoms with Crippen LogP contribution in [-0.2, 0) is 20.7 Å². The summed E-state index contributed by atoms with van der Waals surface area (Å²) in [7, 11) is 2.80. The second-order valence-electron chi connectivity index (χ2n) is 4.06. The molecular weight excluding hydrogens is 244 g/mol. The summed E-state index contributed by atoms with van der Waals surface area (Å²) in [5, 5.41) is 1.82. The van der Waals surface area contributed by atoms with Crippen LogP contribution in [0.1, 0.15) is 5.56 Å². The summed E-state index contributed by atoms with van der Waals surface area (Å²) in [6.45, 7) is 0. The summed E-state index contributed by atoms with van der Waals surface area (Å²) in [4.78, 5) is 22.8. The first kappa shape index (κ1) is 13.1. The fraction of sp³-hybridized carbons (Fsp3) is 0.200. The van der Waals surface area contributed by atoms with Crippen molar-refractivity contribution in [1.82, 2.24) is 0 Å². The van der Waals surface area contributed by atoms with E-state index in [0.717, 1.165) is 22.1 Å². The van der Waals surface area contributed by atoms with E-state index in [-0.39, 0.29) is 6.42 Å². The van der Waals surface area contributed by atoms with Gasteiger partial charge in [-0.1, -0.05) is 30.3 Å². The van der Waals surface area contributed by atoms with Gasteiger partial charge in [0.05, 0.1) is 14.2 Å². The molecule has 4 heteroatoms. The maximum Gasteiger partial charge on any atom is 0.374 e. The van der Waals surface area contributed by atoms with Gasteiger partial charge in [-0.25, -0.2) is 4.79 Å². The molecule has 0 aliphatic heterocycles. The highest BCUT2D eigenvalue weighted by molar-refractivity contribution is 6.34. The standard InChI is InChI=1S/C15H14O4/c1-18-14-8-7-10(9-13(16)15(17)19-2)11-5-3-4-6-12(11)14/h3-8H,9H2,1-2H3. The lowest BCUT2D eigenvalue weighted by Gasteiger charge is -2.09. The topological polar surface area (TPSA) is 52.6 Å². The first-order chi connectivity index (χ1) is 9.17. The number of carbonyl (C=O) groups excluding carboxylic acids is 2. The largest absolute Gasteiger partial charge is 0.496 e. The van der Waals surface area contributed by atoms with Crippen molar-refractivity contribution in [2.45, 2.75) is 6.42 Å². The number of methoxy groups -OCH3 is 2. The van der Waals surface area contributed by atoms with E-state index in [9.17, 15) is 9.59 Å². The SMILES string of the molecule is COC(=O)C(=O)Cc1ccc(OC)c2ccccc12. The van der Waals surface area contributed by atoms with Gasteiger partial charge in [-0.3, -0.25) is 4.79 Å². The van der Waals surface area contributed by atoms with E-state index in [1.165, 1.54) is 7.11 Å². The Morgan fingerprint density at radius 3 is 2.32 bits per heavy atom. The molecule has 4 nitrogen and oxygen atoms in total. The van der Waals surface area contributed by atoms with E-state index in [1.54, 1.807) is 19.2 Å². The molecule has 0 unspecified atom stereocenters. The Labute approximate surface area is 110 Å². The number of Topliss-reactive ketones (excluding diaryl/α,β-unsaturated/α-hetero) is 1. The van der Waals surface area contributed by atoms with E-state index < -0.39 is 11.8 Å². The van der Waals surface area contributed by atoms with Crippen LogP contribution in [0.3, 0.4) is 0 Å². The molecule has 2 aromatic carbocycles. The Bertz CT molecular complexity index is 631. The molecule has 0 atom stereocenters. The zero-order valence-corrected chi connectivity index (χ0v) is 10.8. The highest BCUT2D eigenvalue weighted by atomic mass is 16.5. The van der Waals surface area contributed by atoms with Crippen LogP contribution in [0.2, 0.25) is 0 Å². The maximum atomic E-state index is 11.6. The van der Waals surface area contributed by atoms with Crippen molar-refractivity contribution in [1.29, 1.82) is 0 Å². The molecule has 0 heterocycles. The van der Waals surface area contributed by atoms with Crippen LogP contribution < -0.4 is 4.74 Å². The number of rotatable bonds is 4. The third-order valence-electron chi connectivity index (χ3n) is 2.96. The lowest BCUT2D eigenvalue weighted by Crippen LogP contribution is -2.17. The number of hydrogen-bond acceptors (Lipinski definition) is 4. The predicted octanol–water partition coefficient (Wildman–Crippen LogP) is 2.13. The van der Waals surface area contributed by atoms with Gasteiger partial charge in [-0.2, -0.15) is 0 Å². The smallest absolute Gasteiger partial charge is 0.374 e. The van der Waals surface area contributed by atoms with Crippen molar-refractivity contribution in [3.05, 3.63) is 42.0 Å². The Hall–Kier alpha value is -2.36. The average molecular weight is 258 g/mol. The zero-order chi connectivity index (χ0) is 13.8. The van der Waals surface area contributed by atoms with Gasteiger partial charge in [0.1, 0.15) is 5.75 Å². The second kappa shape index (κ2) is 5.52. The van der Waals surface area contributed by atoms with E-state index in [4.69, 9.17) is 4.74 Å². The molecule has 0 fully saturated rings. The highest BCUT2D eigenvalue weighted by Crippen LogP contribution is 2.28. The molecule has 0 aromatic heterocycles. The Balaban J connectivity index is 2.45. The number of hydrogen-bond donors (Lipinski definition) is 0. The van der Waals surface area contributed by atoms with Gasteiger partial charge in [0, 0.05) is 11.8 Å². The molecule has 0 aliphatic rings. The number of carbonyl (C=O) groups is 2. The minimum absolute atomic E-state index is 0.0250. The number of benzene rings is 2. The van der Waals surface area contributed by atoms with E-state index in [1.807, 2.05) is 24.3 Å². The van der Waals surface area contributed by atoms with Gasteiger partial charge in [-0.05, 0) is 17.0 Å². The number of fused-ring (bicyclic) bond motifs is 1. The molecule has 0 N–H and O–H groups in total. The Kier molecular flexibility index (Phi) is 3.80.